The van der Waals surface area contributed by atoms with Crippen LogP contribution in [0.1, 0.15) is 19.8 Å². The van der Waals surface area contributed by atoms with Gasteiger partial charge in [-0.1, -0.05) is 25.5 Å². The molecule has 5 nitrogen and oxygen atoms in total. The predicted molar refractivity (Wildman–Crippen MR) is 78.2 cm³/mol. The molecular weight excluding hydrogens is 254 g/mol. The summed E-state index contributed by atoms with van der Waals surface area (Å²) in [6.07, 6.45) is 3.49. The molecule has 0 saturated carbocycles. The summed E-state index contributed by atoms with van der Waals surface area (Å²) in [6.45, 7) is 2.81. The van der Waals surface area contributed by atoms with Crippen LogP contribution in [-0.2, 0) is 4.79 Å². The number of nitriles is 1. The second-order valence-electron chi connectivity index (χ2n) is 4.13. The Balaban J connectivity index is 2.70. The topological polar surface area (TPSA) is 74.2 Å². The normalized spacial score (nSPS) is 10.6. The number of nitrogens with zero attached hydrogens (tertiary/aromatic N) is 1. The summed E-state index contributed by atoms with van der Waals surface area (Å²) < 4.78 is 5.14. The maximum atomic E-state index is 12.0. The van der Waals surface area contributed by atoms with Crippen LogP contribution in [0, 0.1) is 11.3 Å². The van der Waals surface area contributed by atoms with Crippen molar-refractivity contribution in [3.63, 3.8) is 0 Å². The highest BCUT2D eigenvalue weighted by Gasteiger charge is 2.11. The molecule has 5 heteroatoms. The number of unbranched alkanes of at least 4 members (excludes halogenated alkanes) is 1. The van der Waals surface area contributed by atoms with Gasteiger partial charge in [-0.05, 0) is 18.6 Å². The van der Waals surface area contributed by atoms with E-state index in [1.807, 2.05) is 12.1 Å². The van der Waals surface area contributed by atoms with Crippen LogP contribution in [-0.4, -0.2) is 19.6 Å². The van der Waals surface area contributed by atoms with Crippen LogP contribution in [0.25, 0.3) is 0 Å². The van der Waals surface area contributed by atoms with E-state index in [1.54, 1.807) is 18.2 Å². The van der Waals surface area contributed by atoms with Crippen molar-refractivity contribution in [3.05, 3.63) is 36.0 Å². The van der Waals surface area contributed by atoms with Crippen molar-refractivity contribution in [2.45, 2.75) is 19.8 Å². The third-order valence-electron chi connectivity index (χ3n) is 2.64. The lowest BCUT2D eigenvalue weighted by Gasteiger charge is -2.09. The minimum absolute atomic E-state index is 0.0343. The van der Waals surface area contributed by atoms with Crippen molar-refractivity contribution in [2.75, 3.05) is 19.0 Å². The second kappa shape index (κ2) is 8.59. The second-order valence-corrected chi connectivity index (χ2v) is 4.13. The van der Waals surface area contributed by atoms with Gasteiger partial charge >= 0.3 is 0 Å². The summed E-state index contributed by atoms with van der Waals surface area (Å²) in [5, 5.41) is 14.6. The summed E-state index contributed by atoms with van der Waals surface area (Å²) in [6, 6.07) is 8.93. The minimum atomic E-state index is -0.457. The highest BCUT2D eigenvalue weighted by Crippen LogP contribution is 2.23. The fraction of sp³-hybridized carbons (Fsp3) is 0.333. The van der Waals surface area contributed by atoms with Gasteiger partial charge < -0.3 is 15.4 Å². The van der Waals surface area contributed by atoms with Gasteiger partial charge in [-0.3, -0.25) is 4.79 Å². The molecule has 20 heavy (non-hydrogen) atoms. The van der Waals surface area contributed by atoms with E-state index in [9.17, 15) is 4.79 Å². The monoisotopic (exact) mass is 273 g/mol. The molecule has 2 N–H and O–H groups in total. The van der Waals surface area contributed by atoms with Crippen molar-refractivity contribution in [3.8, 4) is 11.8 Å². The number of carbonyl (C=O) groups is 1. The third-order valence-corrected chi connectivity index (χ3v) is 2.64. The number of nitrogens with one attached hydrogen (secondary N) is 2. The number of benzene rings is 1. The van der Waals surface area contributed by atoms with E-state index >= 15 is 0 Å². The highest BCUT2D eigenvalue weighted by molar-refractivity contribution is 6.07. The highest BCUT2D eigenvalue weighted by atomic mass is 16.5. The van der Waals surface area contributed by atoms with Gasteiger partial charge in [-0.25, -0.2) is 0 Å². The van der Waals surface area contributed by atoms with E-state index in [0.29, 0.717) is 11.4 Å². The molecule has 1 aromatic rings. The molecule has 106 valence electrons. The Morgan fingerprint density at radius 2 is 2.20 bits per heavy atom. The largest absolute Gasteiger partial charge is 0.495 e. The van der Waals surface area contributed by atoms with Crippen molar-refractivity contribution in [1.82, 2.24) is 5.32 Å². The number of carbonyl (C=O) groups excluding carboxylic acids is 1. The van der Waals surface area contributed by atoms with Crippen molar-refractivity contribution < 1.29 is 9.53 Å². The molecule has 0 fully saturated rings. The molecule has 1 amide bonds. The number of rotatable bonds is 7. The maximum absolute atomic E-state index is 12.0. The maximum Gasteiger partial charge on any atom is 0.267 e. The number of ether oxygens (including phenoxy) is 1. The molecule has 1 rings (SSSR count). The van der Waals surface area contributed by atoms with E-state index in [2.05, 4.69) is 17.6 Å². The Hall–Kier alpha value is -2.48. The summed E-state index contributed by atoms with van der Waals surface area (Å²) >= 11 is 0. The van der Waals surface area contributed by atoms with Crippen molar-refractivity contribution in [1.29, 1.82) is 5.26 Å². The standard InChI is InChI=1S/C15H19N3O2/c1-3-4-9-17-11-12(10-16)15(19)18-13-7-5-6-8-14(13)20-2/h5-8,11,17H,3-4,9H2,1-2H3,(H,18,19)/b12-11-. The molecule has 0 saturated heterocycles. The molecule has 0 aliphatic heterocycles. The lowest BCUT2D eigenvalue weighted by molar-refractivity contribution is -0.112. The van der Waals surface area contributed by atoms with E-state index < -0.39 is 5.91 Å². The number of hydrogen-bond donors (Lipinski definition) is 2. The SMILES string of the molecule is CCCCN/C=C(/C#N)C(=O)Nc1ccccc1OC. The Kier molecular flexibility index (Phi) is 6.69. The van der Waals surface area contributed by atoms with Gasteiger partial charge in [-0.15, -0.1) is 0 Å². The van der Waals surface area contributed by atoms with Crippen LogP contribution in [0.5, 0.6) is 5.75 Å². The first-order chi connectivity index (χ1) is 9.72. The van der Waals surface area contributed by atoms with Crippen LogP contribution in [0.4, 0.5) is 5.69 Å². The van der Waals surface area contributed by atoms with Crippen molar-refractivity contribution in [2.24, 2.45) is 0 Å². The van der Waals surface area contributed by atoms with Crippen molar-refractivity contribution >= 4 is 11.6 Å². The van der Waals surface area contributed by atoms with Crippen LogP contribution in [0.2, 0.25) is 0 Å². The number of amides is 1. The van der Waals surface area contributed by atoms with Gasteiger partial charge in [0.25, 0.3) is 5.91 Å². The Bertz CT molecular complexity index is 518. The van der Waals surface area contributed by atoms with Crippen LogP contribution < -0.4 is 15.4 Å². The first kappa shape index (κ1) is 15.6. The van der Waals surface area contributed by atoms with Crippen LogP contribution >= 0.6 is 0 Å². The van der Waals surface area contributed by atoms with Gasteiger partial charge in [0.2, 0.25) is 0 Å². The minimum Gasteiger partial charge on any atom is -0.495 e. The number of para-hydroxylation sites is 2. The predicted octanol–water partition coefficient (Wildman–Crippen LogP) is 2.43. The molecular formula is C15H19N3O2. The fourth-order valence-electron chi connectivity index (χ4n) is 1.54. The average molecular weight is 273 g/mol. The zero-order valence-corrected chi connectivity index (χ0v) is 11.8. The molecule has 0 atom stereocenters. The summed E-state index contributed by atoms with van der Waals surface area (Å²) in [5.74, 6) is 0.0954. The number of anilines is 1. The number of hydrogen-bond acceptors (Lipinski definition) is 4. The summed E-state index contributed by atoms with van der Waals surface area (Å²) in [7, 11) is 1.53. The van der Waals surface area contributed by atoms with Gasteiger partial charge in [-0.2, -0.15) is 5.26 Å². The van der Waals surface area contributed by atoms with Crippen LogP contribution in [0.3, 0.4) is 0 Å². The Labute approximate surface area is 119 Å². The van der Waals surface area contributed by atoms with E-state index in [4.69, 9.17) is 10.00 Å². The first-order valence-electron chi connectivity index (χ1n) is 6.51. The number of methoxy groups -OCH3 is 1. The van der Waals surface area contributed by atoms with E-state index in [-0.39, 0.29) is 5.57 Å². The molecule has 0 unspecified atom stereocenters. The first-order valence-corrected chi connectivity index (χ1v) is 6.51. The fourth-order valence-corrected chi connectivity index (χ4v) is 1.54. The molecule has 0 heterocycles. The molecule has 0 bridgehead atoms. The van der Waals surface area contributed by atoms with Gasteiger partial charge in [0.1, 0.15) is 17.4 Å². The summed E-state index contributed by atoms with van der Waals surface area (Å²) in [5.41, 5.74) is 0.571. The average Bonchev–Trinajstić information content (AvgIpc) is 2.48. The van der Waals surface area contributed by atoms with Gasteiger partial charge in [0, 0.05) is 12.7 Å². The Morgan fingerprint density at radius 3 is 2.85 bits per heavy atom. The third kappa shape index (κ3) is 4.65. The molecule has 0 aliphatic rings. The molecule has 0 radical (unpaired) electrons. The van der Waals surface area contributed by atoms with Crippen LogP contribution in [0.15, 0.2) is 36.0 Å². The van der Waals surface area contributed by atoms with E-state index in [1.165, 1.54) is 13.3 Å². The molecule has 1 aromatic carbocycles. The Morgan fingerprint density at radius 1 is 1.45 bits per heavy atom. The zero-order valence-electron chi connectivity index (χ0n) is 11.8. The van der Waals surface area contributed by atoms with E-state index in [0.717, 1.165) is 19.4 Å². The smallest absolute Gasteiger partial charge is 0.267 e. The molecule has 0 spiro atoms. The summed E-state index contributed by atoms with van der Waals surface area (Å²) in [4.78, 5) is 12.0. The van der Waals surface area contributed by atoms with Gasteiger partial charge in [0.15, 0.2) is 0 Å². The quantitative estimate of drug-likeness (QED) is 0.454. The van der Waals surface area contributed by atoms with Gasteiger partial charge in [0.05, 0.1) is 12.8 Å². The lowest BCUT2D eigenvalue weighted by atomic mass is 10.2. The molecule has 0 aliphatic carbocycles. The zero-order chi connectivity index (χ0) is 14.8. The lowest BCUT2D eigenvalue weighted by Crippen LogP contribution is -2.17. The molecule has 0 aromatic heterocycles.